The average Bonchev–Trinajstić information content (AvgIpc) is 3.00. The van der Waals surface area contributed by atoms with Gasteiger partial charge in [0.05, 0.1) is 5.69 Å². The highest BCUT2D eigenvalue weighted by Gasteiger charge is 2.45. The lowest BCUT2D eigenvalue weighted by Crippen LogP contribution is -2.39. The Hall–Kier alpha value is -0.870. The van der Waals surface area contributed by atoms with E-state index in [9.17, 15) is 5.11 Å². The van der Waals surface area contributed by atoms with Gasteiger partial charge >= 0.3 is 0 Å². The van der Waals surface area contributed by atoms with Crippen LogP contribution in [0.25, 0.3) is 0 Å². The predicted octanol–water partition coefficient (Wildman–Crippen LogP) is 0.849. The highest BCUT2D eigenvalue weighted by Crippen LogP contribution is 2.45. The maximum Gasteiger partial charge on any atom is 0.121 e. The predicted molar refractivity (Wildman–Crippen MR) is 58.2 cm³/mol. The van der Waals surface area contributed by atoms with E-state index in [1.54, 1.807) is 6.20 Å². The second-order valence-electron chi connectivity index (χ2n) is 4.34. The molecular formula is C11H19N3O. The summed E-state index contributed by atoms with van der Waals surface area (Å²) in [5, 5.41) is 14.8. The van der Waals surface area contributed by atoms with E-state index >= 15 is 0 Å². The van der Waals surface area contributed by atoms with Gasteiger partial charge in [-0.1, -0.05) is 6.92 Å². The zero-order valence-electron chi connectivity index (χ0n) is 9.19. The Morgan fingerprint density at radius 3 is 2.93 bits per heavy atom. The Morgan fingerprint density at radius 1 is 1.67 bits per heavy atom. The van der Waals surface area contributed by atoms with Crippen molar-refractivity contribution in [3.05, 3.63) is 18.0 Å². The largest absolute Gasteiger partial charge is 0.382 e. The van der Waals surface area contributed by atoms with E-state index in [-0.39, 0.29) is 6.54 Å². The van der Waals surface area contributed by atoms with Crippen LogP contribution in [0.3, 0.4) is 0 Å². The molecule has 0 aromatic carbocycles. The van der Waals surface area contributed by atoms with Gasteiger partial charge in [-0.2, -0.15) is 5.10 Å². The van der Waals surface area contributed by atoms with E-state index in [2.05, 4.69) is 12.0 Å². The third kappa shape index (κ3) is 1.79. The fraction of sp³-hybridized carbons (Fsp3) is 0.727. The second-order valence-corrected chi connectivity index (χ2v) is 4.34. The van der Waals surface area contributed by atoms with Crippen molar-refractivity contribution < 1.29 is 5.11 Å². The molecule has 1 aliphatic carbocycles. The van der Waals surface area contributed by atoms with Gasteiger partial charge in [0.15, 0.2) is 0 Å². The zero-order valence-corrected chi connectivity index (χ0v) is 9.19. The molecule has 2 rings (SSSR count). The van der Waals surface area contributed by atoms with Gasteiger partial charge in [0, 0.05) is 19.3 Å². The van der Waals surface area contributed by atoms with Crippen LogP contribution in [0.5, 0.6) is 0 Å². The van der Waals surface area contributed by atoms with Crippen molar-refractivity contribution in [1.82, 2.24) is 9.78 Å². The van der Waals surface area contributed by atoms with Gasteiger partial charge < -0.3 is 10.8 Å². The molecular weight excluding hydrogens is 190 g/mol. The molecule has 3 N–H and O–H groups in total. The number of nitrogens with zero attached hydrogens (tertiary/aromatic N) is 2. The molecule has 1 atom stereocenters. The average molecular weight is 209 g/mol. The minimum atomic E-state index is -0.855. The maximum atomic E-state index is 10.5. The number of hydrogen-bond acceptors (Lipinski definition) is 3. The Balaban J connectivity index is 2.28. The minimum Gasteiger partial charge on any atom is -0.382 e. The van der Waals surface area contributed by atoms with Crippen molar-refractivity contribution in [1.29, 1.82) is 0 Å². The quantitative estimate of drug-likeness (QED) is 0.755. The molecule has 1 aromatic heterocycles. The third-order valence-electron chi connectivity index (χ3n) is 3.16. The minimum absolute atomic E-state index is 0.285. The first-order valence-corrected chi connectivity index (χ1v) is 5.67. The van der Waals surface area contributed by atoms with Crippen molar-refractivity contribution >= 4 is 0 Å². The van der Waals surface area contributed by atoms with Gasteiger partial charge in [0.25, 0.3) is 0 Å². The summed E-state index contributed by atoms with van der Waals surface area (Å²) in [7, 11) is 0. The molecule has 4 heteroatoms. The van der Waals surface area contributed by atoms with Crippen LogP contribution in [0.4, 0.5) is 0 Å². The molecule has 4 nitrogen and oxygen atoms in total. The molecule has 15 heavy (non-hydrogen) atoms. The van der Waals surface area contributed by atoms with E-state index in [1.165, 1.54) is 0 Å². The fourth-order valence-corrected chi connectivity index (χ4v) is 2.13. The third-order valence-corrected chi connectivity index (χ3v) is 3.16. The molecule has 0 spiro atoms. The standard InChI is InChI=1S/C11H19N3O/c1-2-7-14-10(5-6-13-14)11(15,8-12)9-3-4-9/h5-6,9,15H,2-4,7-8,12H2,1H3. The number of aromatic nitrogens is 2. The number of aliphatic hydroxyl groups is 1. The molecule has 1 aromatic rings. The molecule has 1 fully saturated rings. The van der Waals surface area contributed by atoms with Crippen LogP contribution in [0.1, 0.15) is 31.9 Å². The van der Waals surface area contributed by atoms with Gasteiger partial charge in [-0.25, -0.2) is 0 Å². The van der Waals surface area contributed by atoms with Gasteiger partial charge in [0.1, 0.15) is 5.60 Å². The van der Waals surface area contributed by atoms with Crippen LogP contribution < -0.4 is 5.73 Å². The van der Waals surface area contributed by atoms with Crippen molar-refractivity contribution in [3.8, 4) is 0 Å². The lowest BCUT2D eigenvalue weighted by atomic mass is 9.93. The van der Waals surface area contributed by atoms with Crippen molar-refractivity contribution in [2.45, 2.75) is 38.3 Å². The summed E-state index contributed by atoms with van der Waals surface area (Å²) in [4.78, 5) is 0. The molecule has 1 unspecified atom stereocenters. The zero-order chi connectivity index (χ0) is 10.9. The SMILES string of the molecule is CCCn1nccc1C(O)(CN)C1CC1. The fourth-order valence-electron chi connectivity index (χ4n) is 2.13. The van der Waals surface area contributed by atoms with Gasteiger partial charge in [-0.3, -0.25) is 4.68 Å². The first kappa shape index (κ1) is 10.6. The molecule has 0 radical (unpaired) electrons. The van der Waals surface area contributed by atoms with Crippen LogP contribution in [-0.4, -0.2) is 21.4 Å². The molecule has 0 saturated heterocycles. The summed E-state index contributed by atoms with van der Waals surface area (Å²) >= 11 is 0. The first-order valence-electron chi connectivity index (χ1n) is 5.67. The molecule has 1 saturated carbocycles. The van der Waals surface area contributed by atoms with E-state index in [1.807, 2.05) is 10.7 Å². The smallest absolute Gasteiger partial charge is 0.121 e. The summed E-state index contributed by atoms with van der Waals surface area (Å²) in [6, 6.07) is 1.89. The summed E-state index contributed by atoms with van der Waals surface area (Å²) in [5.74, 6) is 0.329. The van der Waals surface area contributed by atoms with Crippen LogP contribution >= 0.6 is 0 Å². The van der Waals surface area contributed by atoms with Gasteiger partial charge in [0.2, 0.25) is 0 Å². The van der Waals surface area contributed by atoms with E-state index < -0.39 is 5.60 Å². The van der Waals surface area contributed by atoms with E-state index in [0.717, 1.165) is 31.5 Å². The number of hydrogen-bond donors (Lipinski definition) is 2. The van der Waals surface area contributed by atoms with E-state index in [0.29, 0.717) is 5.92 Å². The molecule has 0 aliphatic heterocycles. The van der Waals surface area contributed by atoms with Crippen molar-refractivity contribution in [2.75, 3.05) is 6.54 Å². The number of aryl methyl sites for hydroxylation is 1. The second kappa shape index (κ2) is 3.94. The normalized spacial score (nSPS) is 20.2. The van der Waals surface area contributed by atoms with Crippen molar-refractivity contribution in [2.24, 2.45) is 11.7 Å². The number of nitrogens with two attached hydrogens (primary N) is 1. The Labute approximate surface area is 90.1 Å². The van der Waals surface area contributed by atoms with E-state index in [4.69, 9.17) is 5.73 Å². The van der Waals surface area contributed by atoms with Crippen LogP contribution in [0.15, 0.2) is 12.3 Å². The highest BCUT2D eigenvalue weighted by atomic mass is 16.3. The summed E-state index contributed by atoms with van der Waals surface area (Å²) in [5.41, 5.74) is 5.74. The topological polar surface area (TPSA) is 64.1 Å². The lowest BCUT2D eigenvalue weighted by Gasteiger charge is -2.27. The Kier molecular flexibility index (Phi) is 2.80. The van der Waals surface area contributed by atoms with Gasteiger partial charge in [-0.05, 0) is 31.2 Å². The van der Waals surface area contributed by atoms with Crippen LogP contribution in [0.2, 0.25) is 0 Å². The van der Waals surface area contributed by atoms with Crippen LogP contribution in [0, 0.1) is 5.92 Å². The summed E-state index contributed by atoms with van der Waals surface area (Å²) < 4.78 is 1.88. The molecule has 0 bridgehead atoms. The Bertz CT molecular complexity index is 332. The Morgan fingerprint density at radius 2 is 2.40 bits per heavy atom. The summed E-state index contributed by atoms with van der Waals surface area (Å²) in [6.07, 6.45) is 4.91. The number of rotatable bonds is 5. The lowest BCUT2D eigenvalue weighted by molar-refractivity contribution is 0.0132. The van der Waals surface area contributed by atoms with Crippen molar-refractivity contribution in [3.63, 3.8) is 0 Å². The van der Waals surface area contributed by atoms with Crippen LogP contribution in [-0.2, 0) is 12.1 Å². The van der Waals surface area contributed by atoms with Gasteiger partial charge in [-0.15, -0.1) is 0 Å². The molecule has 84 valence electrons. The molecule has 0 amide bonds. The molecule has 1 heterocycles. The summed E-state index contributed by atoms with van der Waals surface area (Å²) in [6.45, 7) is 3.23. The highest BCUT2D eigenvalue weighted by molar-refractivity contribution is 5.17. The molecule has 1 aliphatic rings. The maximum absolute atomic E-state index is 10.5. The monoisotopic (exact) mass is 209 g/mol. The first-order chi connectivity index (χ1) is 7.22.